The molecule has 6 heteroatoms. The fourth-order valence-corrected chi connectivity index (χ4v) is 3.51. The molecule has 1 atom stereocenters. The van der Waals surface area contributed by atoms with Gasteiger partial charge in [-0.15, -0.1) is 0 Å². The summed E-state index contributed by atoms with van der Waals surface area (Å²) in [5, 5.41) is 12.3. The van der Waals surface area contributed by atoms with Gasteiger partial charge in [-0.2, -0.15) is 0 Å². The molecule has 0 aromatic heterocycles. The van der Waals surface area contributed by atoms with E-state index in [1.807, 2.05) is 0 Å². The van der Waals surface area contributed by atoms with Crippen LogP contribution in [0.2, 0.25) is 0 Å². The Morgan fingerprint density at radius 3 is 2.57 bits per heavy atom. The minimum atomic E-state index is -0.777. The lowest BCUT2D eigenvalue weighted by Crippen LogP contribution is -2.52. The van der Waals surface area contributed by atoms with Gasteiger partial charge in [0.15, 0.2) is 0 Å². The normalized spacial score (nSPS) is 25.5. The second kappa shape index (κ2) is 6.64. The number of hydrogen-bond acceptors (Lipinski definition) is 3. The Kier molecular flexibility index (Phi) is 5.08. The van der Waals surface area contributed by atoms with E-state index in [1.54, 1.807) is 11.9 Å². The number of likely N-dealkylation sites (N-methyl/N-ethyl adjacent to an activating group) is 2. The Hall–Kier alpha value is -1.30. The van der Waals surface area contributed by atoms with E-state index in [0.717, 1.165) is 38.8 Å². The van der Waals surface area contributed by atoms with E-state index in [0.29, 0.717) is 12.8 Å². The van der Waals surface area contributed by atoms with Crippen LogP contribution in [0.25, 0.3) is 0 Å². The van der Waals surface area contributed by atoms with Crippen molar-refractivity contribution in [1.82, 2.24) is 15.1 Å². The summed E-state index contributed by atoms with van der Waals surface area (Å²) in [6.07, 6.45) is 5.31. The SMILES string of the molecule is CN1CCCC(N(C)C(=O)NCC2(C(=O)O)CCCC2)C1. The van der Waals surface area contributed by atoms with E-state index >= 15 is 0 Å². The van der Waals surface area contributed by atoms with Crippen LogP contribution >= 0.6 is 0 Å². The van der Waals surface area contributed by atoms with Gasteiger partial charge in [-0.3, -0.25) is 4.79 Å². The van der Waals surface area contributed by atoms with Crippen LogP contribution in [-0.2, 0) is 4.79 Å². The monoisotopic (exact) mass is 297 g/mol. The molecule has 2 N–H and O–H groups in total. The van der Waals surface area contributed by atoms with E-state index in [2.05, 4.69) is 17.3 Å². The minimum absolute atomic E-state index is 0.150. The molecule has 0 bridgehead atoms. The Labute approximate surface area is 126 Å². The lowest BCUT2D eigenvalue weighted by Gasteiger charge is -2.36. The molecule has 1 saturated carbocycles. The van der Waals surface area contributed by atoms with Crippen molar-refractivity contribution in [2.24, 2.45) is 5.41 Å². The number of nitrogens with one attached hydrogen (secondary N) is 1. The Morgan fingerprint density at radius 1 is 1.33 bits per heavy atom. The summed E-state index contributed by atoms with van der Waals surface area (Å²) in [7, 11) is 3.87. The molecule has 2 amide bonds. The van der Waals surface area contributed by atoms with Crippen molar-refractivity contribution in [2.75, 3.05) is 33.7 Å². The topological polar surface area (TPSA) is 72.9 Å². The molecule has 1 unspecified atom stereocenters. The first-order valence-electron chi connectivity index (χ1n) is 7.87. The van der Waals surface area contributed by atoms with Gasteiger partial charge in [0.2, 0.25) is 0 Å². The lowest BCUT2D eigenvalue weighted by molar-refractivity contribution is -0.148. The maximum absolute atomic E-state index is 12.3. The fourth-order valence-electron chi connectivity index (χ4n) is 3.51. The van der Waals surface area contributed by atoms with Crippen LogP contribution in [0.5, 0.6) is 0 Å². The maximum Gasteiger partial charge on any atom is 0.317 e. The zero-order valence-electron chi connectivity index (χ0n) is 13.1. The molecule has 1 aliphatic heterocycles. The van der Waals surface area contributed by atoms with Crippen molar-refractivity contribution in [3.05, 3.63) is 0 Å². The first-order chi connectivity index (χ1) is 9.94. The van der Waals surface area contributed by atoms with Crippen LogP contribution in [0.1, 0.15) is 38.5 Å². The van der Waals surface area contributed by atoms with Crippen molar-refractivity contribution in [1.29, 1.82) is 0 Å². The predicted molar refractivity (Wildman–Crippen MR) is 80.2 cm³/mol. The number of amides is 2. The molecule has 120 valence electrons. The highest BCUT2D eigenvalue weighted by Crippen LogP contribution is 2.37. The number of hydrogen-bond donors (Lipinski definition) is 2. The smallest absolute Gasteiger partial charge is 0.317 e. The van der Waals surface area contributed by atoms with E-state index in [-0.39, 0.29) is 18.6 Å². The van der Waals surface area contributed by atoms with Crippen molar-refractivity contribution in [3.8, 4) is 0 Å². The van der Waals surface area contributed by atoms with Gasteiger partial charge < -0.3 is 20.2 Å². The molecule has 21 heavy (non-hydrogen) atoms. The summed E-state index contributed by atoms with van der Waals surface area (Å²) in [4.78, 5) is 27.7. The molecule has 6 nitrogen and oxygen atoms in total. The van der Waals surface area contributed by atoms with Gasteiger partial charge in [0.25, 0.3) is 0 Å². The number of carbonyl (C=O) groups is 2. The van der Waals surface area contributed by atoms with Crippen LogP contribution in [-0.4, -0.2) is 66.7 Å². The number of likely N-dealkylation sites (tertiary alicyclic amines) is 1. The minimum Gasteiger partial charge on any atom is -0.481 e. The number of piperidine rings is 1. The quantitative estimate of drug-likeness (QED) is 0.822. The first kappa shape index (κ1) is 16.1. The largest absolute Gasteiger partial charge is 0.481 e. The first-order valence-corrected chi connectivity index (χ1v) is 7.87. The summed E-state index contributed by atoms with van der Waals surface area (Å²) in [5.74, 6) is -0.777. The van der Waals surface area contributed by atoms with Crippen LogP contribution in [0.15, 0.2) is 0 Å². The van der Waals surface area contributed by atoms with E-state index in [1.165, 1.54) is 0 Å². The summed E-state index contributed by atoms with van der Waals surface area (Å²) < 4.78 is 0. The third-order valence-electron chi connectivity index (χ3n) is 5.06. The number of rotatable bonds is 4. The Balaban J connectivity index is 1.87. The number of nitrogens with zero attached hydrogens (tertiary/aromatic N) is 2. The van der Waals surface area contributed by atoms with Crippen LogP contribution in [0.4, 0.5) is 4.79 Å². The standard InChI is InChI=1S/C15H27N3O3/c1-17-9-5-6-12(10-17)18(2)14(21)16-11-15(13(19)20)7-3-4-8-15/h12H,3-11H2,1-2H3,(H,16,21)(H,19,20). The Morgan fingerprint density at radius 2 is 2.00 bits per heavy atom. The molecule has 2 aliphatic rings. The average Bonchev–Trinajstić information content (AvgIpc) is 2.94. The fraction of sp³-hybridized carbons (Fsp3) is 0.867. The zero-order valence-corrected chi connectivity index (χ0v) is 13.1. The molecule has 0 spiro atoms. The Bertz CT molecular complexity index is 394. The molecule has 2 rings (SSSR count). The second-order valence-electron chi connectivity index (χ2n) is 6.62. The summed E-state index contributed by atoms with van der Waals surface area (Å²) >= 11 is 0. The molecule has 0 radical (unpaired) electrons. The summed E-state index contributed by atoms with van der Waals surface area (Å²) in [6.45, 7) is 2.20. The van der Waals surface area contributed by atoms with Gasteiger partial charge in [-0.1, -0.05) is 12.8 Å². The van der Waals surface area contributed by atoms with Gasteiger partial charge in [0, 0.05) is 26.2 Å². The zero-order chi connectivity index (χ0) is 15.5. The van der Waals surface area contributed by atoms with Crippen LogP contribution < -0.4 is 5.32 Å². The third kappa shape index (κ3) is 3.67. The van der Waals surface area contributed by atoms with Crippen LogP contribution in [0, 0.1) is 5.41 Å². The van der Waals surface area contributed by atoms with Crippen molar-refractivity contribution < 1.29 is 14.7 Å². The van der Waals surface area contributed by atoms with Crippen molar-refractivity contribution in [3.63, 3.8) is 0 Å². The maximum atomic E-state index is 12.3. The summed E-state index contributed by atoms with van der Waals surface area (Å²) in [5.41, 5.74) is -0.750. The van der Waals surface area contributed by atoms with Gasteiger partial charge in [0.05, 0.1) is 5.41 Å². The van der Waals surface area contributed by atoms with Crippen LogP contribution in [0.3, 0.4) is 0 Å². The van der Waals surface area contributed by atoms with E-state index in [4.69, 9.17) is 0 Å². The molecule has 0 aromatic carbocycles. The van der Waals surface area contributed by atoms with E-state index in [9.17, 15) is 14.7 Å². The second-order valence-corrected chi connectivity index (χ2v) is 6.62. The third-order valence-corrected chi connectivity index (χ3v) is 5.06. The van der Waals surface area contributed by atoms with E-state index < -0.39 is 11.4 Å². The highest BCUT2D eigenvalue weighted by molar-refractivity contribution is 5.78. The molecular weight excluding hydrogens is 270 g/mol. The average molecular weight is 297 g/mol. The lowest BCUT2D eigenvalue weighted by atomic mass is 9.86. The van der Waals surface area contributed by atoms with Gasteiger partial charge >= 0.3 is 12.0 Å². The van der Waals surface area contributed by atoms with Gasteiger partial charge in [-0.25, -0.2) is 4.79 Å². The molecule has 1 heterocycles. The van der Waals surface area contributed by atoms with Crippen molar-refractivity contribution in [2.45, 2.75) is 44.6 Å². The number of urea groups is 1. The highest BCUT2D eigenvalue weighted by Gasteiger charge is 2.41. The molecular formula is C15H27N3O3. The summed E-state index contributed by atoms with van der Waals surface area (Å²) in [6, 6.07) is 0.0657. The highest BCUT2D eigenvalue weighted by atomic mass is 16.4. The number of carboxylic acids is 1. The van der Waals surface area contributed by atoms with Gasteiger partial charge in [-0.05, 0) is 39.3 Å². The van der Waals surface area contributed by atoms with Gasteiger partial charge in [0.1, 0.15) is 0 Å². The molecule has 2 fully saturated rings. The van der Waals surface area contributed by atoms with Crippen molar-refractivity contribution >= 4 is 12.0 Å². The predicted octanol–water partition coefficient (Wildman–Crippen LogP) is 1.37. The number of carbonyl (C=O) groups excluding carboxylic acids is 1. The molecule has 1 aliphatic carbocycles. The number of aliphatic carboxylic acids is 1. The molecule has 0 aromatic rings. The number of carboxylic acid groups (broad SMARTS) is 1. The molecule has 1 saturated heterocycles.